The lowest BCUT2D eigenvalue weighted by molar-refractivity contribution is 0.624. The average molecular weight is 297 g/mol. The fourth-order valence-electron chi connectivity index (χ4n) is 1.83. The second-order valence-corrected chi connectivity index (χ2v) is 4.65. The maximum atomic E-state index is 13.1. The van der Waals surface area contributed by atoms with Crippen LogP contribution in [0.2, 0.25) is 10.4 Å². The molecule has 2 aromatic heterocycles. The molecule has 1 aromatic carbocycles. The van der Waals surface area contributed by atoms with Crippen molar-refractivity contribution in [3.05, 3.63) is 52.4 Å². The number of aromatic nitrogens is 4. The van der Waals surface area contributed by atoms with E-state index in [2.05, 4.69) is 15.0 Å². The third-order valence-corrected chi connectivity index (χ3v) is 3.07. The van der Waals surface area contributed by atoms with E-state index in [1.807, 2.05) is 6.07 Å². The summed E-state index contributed by atoms with van der Waals surface area (Å²) >= 11 is 11.7. The Bertz CT molecular complexity index is 757. The highest BCUT2D eigenvalue weighted by Crippen LogP contribution is 2.21. The minimum absolute atomic E-state index is 0.0542. The molecule has 0 fully saturated rings. The highest BCUT2D eigenvalue weighted by molar-refractivity contribution is 6.35. The molecule has 0 radical (unpaired) electrons. The van der Waals surface area contributed by atoms with Crippen LogP contribution >= 0.6 is 23.2 Å². The molecule has 0 aliphatic rings. The van der Waals surface area contributed by atoms with Gasteiger partial charge in [-0.3, -0.25) is 0 Å². The molecule has 19 heavy (non-hydrogen) atoms. The van der Waals surface area contributed by atoms with Crippen molar-refractivity contribution in [1.29, 1.82) is 0 Å². The third kappa shape index (κ3) is 2.39. The summed E-state index contributed by atoms with van der Waals surface area (Å²) in [6.07, 6.45) is 1.58. The Morgan fingerprint density at radius 1 is 1.21 bits per heavy atom. The van der Waals surface area contributed by atoms with E-state index in [0.29, 0.717) is 17.7 Å². The molecule has 0 aliphatic carbocycles. The fourth-order valence-corrected chi connectivity index (χ4v) is 2.25. The summed E-state index contributed by atoms with van der Waals surface area (Å²) in [4.78, 5) is 12.0. The summed E-state index contributed by atoms with van der Waals surface area (Å²) in [5.41, 5.74) is 1.79. The minimum Gasteiger partial charge on any atom is -0.311 e. The molecule has 3 aromatic rings. The first kappa shape index (κ1) is 12.3. The fraction of sp³-hybridized carbons (Fsp3) is 0.0833. The molecule has 7 heteroatoms. The van der Waals surface area contributed by atoms with Crippen molar-refractivity contribution in [2.45, 2.75) is 6.54 Å². The van der Waals surface area contributed by atoms with Gasteiger partial charge in [0.05, 0.1) is 12.9 Å². The van der Waals surface area contributed by atoms with Crippen molar-refractivity contribution < 1.29 is 4.39 Å². The molecular weight excluding hydrogens is 290 g/mol. The lowest BCUT2D eigenvalue weighted by atomic mass is 10.2. The zero-order valence-electron chi connectivity index (χ0n) is 9.52. The Kier molecular flexibility index (Phi) is 3.08. The van der Waals surface area contributed by atoms with E-state index in [0.717, 1.165) is 5.56 Å². The molecule has 0 saturated carbocycles. The molecule has 96 valence electrons. The van der Waals surface area contributed by atoms with Crippen molar-refractivity contribution in [1.82, 2.24) is 19.5 Å². The number of benzene rings is 1. The number of halogens is 3. The van der Waals surface area contributed by atoms with Crippen LogP contribution in [0.1, 0.15) is 5.56 Å². The van der Waals surface area contributed by atoms with Gasteiger partial charge in [-0.15, -0.1) is 0 Å². The van der Waals surface area contributed by atoms with E-state index in [-0.39, 0.29) is 16.3 Å². The SMILES string of the molecule is Fc1cccc(Cn2cnc3c(Cl)nc(Cl)nc32)c1. The number of rotatable bonds is 2. The Morgan fingerprint density at radius 2 is 2.05 bits per heavy atom. The molecule has 0 bridgehead atoms. The standard InChI is InChI=1S/C12H7Cl2FN4/c13-10-9-11(18-12(14)17-10)19(6-16-9)5-7-2-1-3-8(15)4-7/h1-4,6H,5H2. The smallest absolute Gasteiger partial charge is 0.225 e. The first-order valence-electron chi connectivity index (χ1n) is 5.42. The molecule has 0 unspecified atom stereocenters. The van der Waals surface area contributed by atoms with Crippen LogP contribution in [0, 0.1) is 5.82 Å². The van der Waals surface area contributed by atoms with Crippen molar-refractivity contribution in [2.24, 2.45) is 0 Å². The number of hydrogen-bond donors (Lipinski definition) is 0. The summed E-state index contributed by atoms with van der Waals surface area (Å²) in [6, 6.07) is 6.32. The van der Waals surface area contributed by atoms with Gasteiger partial charge >= 0.3 is 0 Å². The van der Waals surface area contributed by atoms with Gasteiger partial charge in [0.15, 0.2) is 10.8 Å². The minimum atomic E-state index is -0.285. The predicted molar refractivity (Wildman–Crippen MR) is 70.8 cm³/mol. The number of fused-ring (bicyclic) bond motifs is 1. The normalized spacial score (nSPS) is 11.1. The highest BCUT2D eigenvalue weighted by atomic mass is 35.5. The van der Waals surface area contributed by atoms with Gasteiger partial charge in [-0.1, -0.05) is 23.7 Å². The van der Waals surface area contributed by atoms with Crippen molar-refractivity contribution >= 4 is 34.4 Å². The molecule has 0 saturated heterocycles. The molecule has 0 aliphatic heterocycles. The van der Waals surface area contributed by atoms with E-state index >= 15 is 0 Å². The average Bonchev–Trinajstić information content (AvgIpc) is 2.73. The summed E-state index contributed by atoms with van der Waals surface area (Å²) in [5, 5.41) is 0.256. The van der Waals surface area contributed by atoms with Gasteiger partial charge in [0, 0.05) is 0 Å². The summed E-state index contributed by atoms with van der Waals surface area (Å²) in [5.74, 6) is -0.285. The monoisotopic (exact) mass is 296 g/mol. The van der Waals surface area contributed by atoms with E-state index in [9.17, 15) is 4.39 Å². The molecule has 0 spiro atoms. The Labute approximate surface area is 117 Å². The van der Waals surface area contributed by atoms with E-state index in [1.165, 1.54) is 12.1 Å². The first-order valence-corrected chi connectivity index (χ1v) is 6.17. The molecule has 0 amide bonds. The number of nitrogens with zero attached hydrogens (tertiary/aromatic N) is 4. The maximum Gasteiger partial charge on any atom is 0.225 e. The van der Waals surface area contributed by atoms with Crippen LogP contribution in [0.4, 0.5) is 4.39 Å². The van der Waals surface area contributed by atoms with Crippen LogP contribution in [0.25, 0.3) is 11.2 Å². The van der Waals surface area contributed by atoms with E-state index in [4.69, 9.17) is 23.2 Å². The van der Waals surface area contributed by atoms with Gasteiger partial charge < -0.3 is 4.57 Å². The van der Waals surface area contributed by atoms with Crippen LogP contribution in [-0.4, -0.2) is 19.5 Å². The largest absolute Gasteiger partial charge is 0.311 e. The Balaban J connectivity index is 2.06. The van der Waals surface area contributed by atoms with Crippen molar-refractivity contribution in [3.8, 4) is 0 Å². The van der Waals surface area contributed by atoms with Crippen LogP contribution in [0.15, 0.2) is 30.6 Å². The quantitative estimate of drug-likeness (QED) is 0.538. The van der Waals surface area contributed by atoms with E-state index in [1.54, 1.807) is 17.0 Å². The predicted octanol–water partition coefficient (Wildman–Crippen LogP) is 3.32. The van der Waals surface area contributed by atoms with Crippen LogP contribution < -0.4 is 0 Å². The number of hydrogen-bond acceptors (Lipinski definition) is 3. The molecule has 3 rings (SSSR count). The molecule has 2 heterocycles. The zero-order chi connectivity index (χ0) is 13.4. The third-order valence-electron chi connectivity index (χ3n) is 2.64. The van der Waals surface area contributed by atoms with Gasteiger partial charge in [-0.2, -0.15) is 4.98 Å². The topological polar surface area (TPSA) is 43.6 Å². The summed E-state index contributed by atoms with van der Waals surface area (Å²) in [6.45, 7) is 0.429. The first-order chi connectivity index (χ1) is 9.13. The van der Waals surface area contributed by atoms with E-state index < -0.39 is 0 Å². The van der Waals surface area contributed by atoms with Crippen molar-refractivity contribution in [3.63, 3.8) is 0 Å². The second-order valence-electron chi connectivity index (χ2n) is 3.96. The summed E-state index contributed by atoms with van der Waals surface area (Å²) in [7, 11) is 0. The van der Waals surface area contributed by atoms with Gasteiger partial charge in [0.25, 0.3) is 0 Å². The molecule has 0 N–H and O–H groups in total. The number of imidazole rings is 1. The van der Waals surface area contributed by atoms with Gasteiger partial charge in [0.2, 0.25) is 5.28 Å². The lowest BCUT2D eigenvalue weighted by Crippen LogP contribution is -2.00. The van der Waals surface area contributed by atoms with Crippen LogP contribution in [0.5, 0.6) is 0 Å². The molecule has 0 atom stereocenters. The zero-order valence-corrected chi connectivity index (χ0v) is 11.0. The Hall–Kier alpha value is -1.72. The lowest BCUT2D eigenvalue weighted by Gasteiger charge is -2.04. The van der Waals surface area contributed by atoms with Gasteiger partial charge in [0.1, 0.15) is 11.3 Å². The van der Waals surface area contributed by atoms with Crippen LogP contribution in [0.3, 0.4) is 0 Å². The maximum absolute atomic E-state index is 13.1. The van der Waals surface area contributed by atoms with Crippen molar-refractivity contribution in [2.75, 3.05) is 0 Å². The van der Waals surface area contributed by atoms with Crippen LogP contribution in [-0.2, 0) is 6.54 Å². The van der Waals surface area contributed by atoms with Gasteiger partial charge in [-0.05, 0) is 29.3 Å². The molecule has 4 nitrogen and oxygen atoms in total. The summed E-state index contributed by atoms with van der Waals surface area (Å²) < 4.78 is 14.9. The second kappa shape index (κ2) is 4.75. The Morgan fingerprint density at radius 3 is 2.84 bits per heavy atom. The van der Waals surface area contributed by atoms with Gasteiger partial charge in [-0.25, -0.2) is 14.4 Å². The highest BCUT2D eigenvalue weighted by Gasteiger charge is 2.11. The molecular formula is C12H7Cl2FN4.